The van der Waals surface area contributed by atoms with E-state index in [1.165, 1.54) is 0 Å². The first-order chi connectivity index (χ1) is 9.12. The fourth-order valence-electron chi connectivity index (χ4n) is 2.12. The summed E-state index contributed by atoms with van der Waals surface area (Å²) >= 11 is 0. The van der Waals surface area contributed by atoms with Crippen molar-refractivity contribution in [3.8, 4) is 11.5 Å². The molecule has 1 aromatic carbocycles. The van der Waals surface area contributed by atoms with Crippen LogP contribution in [0.2, 0.25) is 0 Å². The van der Waals surface area contributed by atoms with Gasteiger partial charge in [-0.2, -0.15) is 0 Å². The average Bonchev–Trinajstić information content (AvgIpc) is 2.40. The van der Waals surface area contributed by atoms with Gasteiger partial charge in [0.2, 0.25) is 0 Å². The zero-order valence-electron chi connectivity index (χ0n) is 12.6. The van der Waals surface area contributed by atoms with Crippen LogP contribution in [0, 0.1) is 5.92 Å². The monoisotopic (exact) mass is 265 g/mol. The van der Waals surface area contributed by atoms with Crippen LogP contribution in [0.4, 0.5) is 0 Å². The number of para-hydroxylation sites is 1. The predicted octanol–water partition coefficient (Wildman–Crippen LogP) is 3.40. The van der Waals surface area contributed by atoms with E-state index in [0.29, 0.717) is 5.92 Å². The van der Waals surface area contributed by atoms with Gasteiger partial charge in [0, 0.05) is 6.04 Å². The average molecular weight is 265 g/mol. The van der Waals surface area contributed by atoms with Crippen LogP contribution in [-0.2, 0) is 6.42 Å². The molecular weight excluding hydrogens is 238 g/mol. The van der Waals surface area contributed by atoms with E-state index >= 15 is 0 Å². The van der Waals surface area contributed by atoms with Crippen molar-refractivity contribution >= 4 is 0 Å². The predicted molar refractivity (Wildman–Crippen MR) is 79.9 cm³/mol. The molecule has 0 bridgehead atoms. The van der Waals surface area contributed by atoms with Gasteiger partial charge in [0.15, 0.2) is 11.5 Å². The van der Waals surface area contributed by atoms with Crippen molar-refractivity contribution in [2.75, 3.05) is 13.7 Å². The van der Waals surface area contributed by atoms with E-state index in [2.05, 4.69) is 19.9 Å². The quantitative estimate of drug-likeness (QED) is 0.783. The highest BCUT2D eigenvalue weighted by atomic mass is 16.5. The largest absolute Gasteiger partial charge is 0.493 e. The maximum Gasteiger partial charge on any atom is 0.164 e. The van der Waals surface area contributed by atoms with E-state index in [9.17, 15) is 0 Å². The highest BCUT2D eigenvalue weighted by molar-refractivity contribution is 5.47. The second-order valence-electron chi connectivity index (χ2n) is 5.12. The normalized spacial score (nSPS) is 12.5. The van der Waals surface area contributed by atoms with Gasteiger partial charge in [0.1, 0.15) is 0 Å². The summed E-state index contributed by atoms with van der Waals surface area (Å²) in [5.41, 5.74) is 7.02. The lowest BCUT2D eigenvalue weighted by molar-refractivity contribution is 0.228. The molecule has 2 N–H and O–H groups in total. The Balaban J connectivity index is 2.88. The number of benzene rings is 1. The van der Waals surface area contributed by atoms with Crippen LogP contribution in [-0.4, -0.2) is 19.8 Å². The summed E-state index contributed by atoms with van der Waals surface area (Å²) in [4.78, 5) is 0. The summed E-state index contributed by atoms with van der Waals surface area (Å²) in [7, 11) is 1.68. The minimum atomic E-state index is 0.114. The zero-order valence-corrected chi connectivity index (χ0v) is 12.6. The molecule has 0 aliphatic heterocycles. The van der Waals surface area contributed by atoms with Crippen molar-refractivity contribution in [3.05, 3.63) is 23.8 Å². The SMILES string of the molecule is CCC(CC)COc1c(CC(C)N)cccc1OC. The lowest BCUT2D eigenvalue weighted by Gasteiger charge is -2.19. The van der Waals surface area contributed by atoms with Gasteiger partial charge in [-0.05, 0) is 30.9 Å². The number of ether oxygens (including phenoxy) is 2. The van der Waals surface area contributed by atoms with Gasteiger partial charge >= 0.3 is 0 Å². The van der Waals surface area contributed by atoms with Gasteiger partial charge in [-0.3, -0.25) is 0 Å². The van der Waals surface area contributed by atoms with Gasteiger partial charge in [-0.1, -0.05) is 38.8 Å². The smallest absolute Gasteiger partial charge is 0.164 e. The Morgan fingerprint density at radius 1 is 1.21 bits per heavy atom. The van der Waals surface area contributed by atoms with Crippen LogP contribution in [0.15, 0.2) is 18.2 Å². The van der Waals surface area contributed by atoms with Crippen molar-refractivity contribution in [1.29, 1.82) is 0 Å². The summed E-state index contributed by atoms with van der Waals surface area (Å²) in [6.45, 7) is 7.13. The van der Waals surface area contributed by atoms with Gasteiger partial charge < -0.3 is 15.2 Å². The number of rotatable bonds is 8. The van der Waals surface area contributed by atoms with Gasteiger partial charge in [-0.15, -0.1) is 0 Å². The molecule has 0 heterocycles. The second kappa shape index (κ2) is 8.05. The first-order valence-corrected chi connectivity index (χ1v) is 7.16. The third kappa shape index (κ3) is 4.75. The Morgan fingerprint density at radius 2 is 1.89 bits per heavy atom. The van der Waals surface area contributed by atoms with Gasteiger partial charge in [-0.25, -0.2) is 0 Å². The minimum Gasteiger partial charge on any atom is -0.493 e. The molecule has 0 saturated heterocycles. The summed E-state index contributed by atoms with van der Waals surface area (Å²) in [6, 6.07) is 6.10. The van der Waals surface area contributed by atoms with Gasteiger partial charge in [0.05, 0.1) is 13.7 Å². The third-order valence-corrected chi connectivity index (χ3v) is 3.44. The maximum atomic E-state index is 6.02. The molecular formula is C16H27NO2. The first kappa shape index (κ1) is 15.8. The summed E-state index contributed by atoms with van der Waals surface area (Å²) in [6.07, 6.45) is 3.07. The van der Waals surface area contributed by atoms with Crippen molar-refractivity contribution in [2.24, 2.45) is 11.7 Å². The van der Waals surface area contributed by atoms with E-state index in [1.54, 1.807) is 7.11 Å². The van der Waals surface area contributed by atoms with Crippen LogP contribution in [0.25, 0.3) is 0 Å². The first-order valence-electron chi connectivity index (χ1n) is 7.16. The maximum absolute atomic E-state index is 6.02. The summed E-state index contributed by atoms with van der Waals surface area (Å²) in [5.74, 6) is 2.24. The molecule has 0 spiro atoms. The summed E-state index contributed by atoms with van der Waals surface area (Å²) in [5, 5.41) is 0. The fourth-order valence-corrected chi connectivity index (χ4v) is 2.12. The Kier molecular flexibility index (Phi) is 6.71. The molecule has 1 unspecified atom stereocenters. The molecule has 1 atom stereocenters. The molecule has 0 saturated carbocycles. The Bertz CT molecular complexity index is 373. The van der Waals surface area contributed by atoms with E-state index in [0.717, 1.165) is 42.9 Å². The van der Waals surface area contributed by atoms with Crippen LogP contribution in [0.5, 0.6) is 11.5 Å². The summed E-state index contributed by atoms with van der Waals surface area (Å²) < 4.78 is 11.4. The number of methoxy groups -OCH3 is 1. The molecule has 0 fully saturated rings. The lowest BCUT2D eigenvalue weighted by Crippen LogP contribution is -2.19. The molecule has 3 heteroatoms. The molecule has 1 rings (SSSR count). The molecule has 3 nitrogen and oxygen atoms in total. The molecule has 108 valence electrons. The third-order valence-electron chi connectivity index (χ3n) is 3.44. The molecule has 0 aromatic heterocycles. The van der Waals surface area contributed by atoms with Crippen LogP contribution in [0.1, 0.15) is 39.2 Å². The minimum absolute atomic E-state index is 0.114. The zero-order chi connectivity index (χ0) is 14.3. The second-order valence-corrected chi connectivity index (χ2v) is 5.12. The standard InChI is InChI=1S/C16H27NO2/c1-5-13(6-2)11-19-16-14(10-12(3)17)8-7-9-15(16)18-4/h7-9,12-13H,5-6,10-11,17H2,1-4H3. The van der Waals surface area contributed by atoms with Gasteiger partial charge in [0.25, 0.3) is 0 Å². The molecule has 0 aliphatic carbocycles. The van der Waals surface area contributed by atoms with Crippen molar-refractivity contribution in [1.82, 2.24) is 0 Å². The Labute approximate surface area is 117 Å². The molecule has 0 aliphatic rings. The molecule has 0 radical (unpaired) electrons. The van der Waals surface area contributed by atoms with Crippen LogP contribution >= 0.6 is 0 Å². The fraction of sp³-hybridized carbons (Fsp3) is 0.625. The molecule has 19 heavy (non-hydrogen) atoms. The molecule has 1 aromatic rings. The van der Waals surface area contributed by atoms with E-state index in [-0.39, 0.29) is 6.04 Å². The highest BCUT2D eigenvalue weighted by Gasteiger charge is 2.13. The van der Waals surface area contributed by atoms with Crippen molar-refractivity contribution in [3.63, 3.8) is 0 Å². The Morgan fingerprint density at radius 3 is 2.42 bits per heavy atom. The lowest BCUT2D eigenvalue weighted by atomic mass is 10.0. The van der Waals surface area contributed by atoms with Crippen molar-refractivity contribution in [2.45, 2.75) is 46.1 Å². The van der Waals surface area contributed by atoms with E-state index < -0.39 is 0 Å². The number of nitrogens with two attached hydrogens (primary N) is 1. The number of hydrogen-bond donors (Lipinski definition) is 1. The topological polar surface area (TPSA) is 44.5 Å². The van der Waals surface area contributed by atoms with E-state index in [1.807, 2.05) is 19.1 Å². The van der Waals surface area contributed by atoms with Crippen LogP contribution in [0.3, 0.4) is 0 Å². The van der Waals surface area contributed by atoms with Crippen LogP contribution < -0.4 is 15.2 Å². The van der Waals surface area contributed by atoms with E-state index in [4.69, 9.17) is 15.2 Å². The highest BCUT2D eigenvalue weighted by Crippen LogP contribution is 2.32. The Hall–Kier alpha value is -1.22. The molecule has 0 amide bonds. The van der Waals surface area contributed by atoms with Crippen molar-refractivity contribution < 1.29 is 9.47 Å². The number of hydrogen-bond acceptors (Lipinski definition) is 3.